The summed E-state index contributed by atoms with van der Waals surface area (Å²) in [5.74, 6) is 1.02. The summed E-state index contributed by atoms with van der Waals surface area (Å²) in [6.45, 7) is 1.82. The van der Waals surface area contributed by atoms with E-state index in [2.05, 4.69) is 29.6 Å². The van der Waals surface area contributed by atoms with Gasteiger partial charge in [0.05, 0.1) is 6.61 Å². The van der Waals surface area contributed by atoms with Crippen molar-refractivity contribution in [3.05, 3.63) is 29.8 Å². The number of rotatable bonds is 7. The molecule has 1 aliphatic rings. The molecule has 0 atom stereocenters. The Morgan fingerprint density at radius 1 is 1.38 bits per heavy atom. The Labute approximate surface area is 102 Å². The third-order valence-corrected chi connectivity index (χ3v) is 3.76. The molecule has 1 aromatic carbocycles. The first-order valence-electron chi connectivity index (χ1n) is 5.83. The van der Waals surface area contributed by atoms with E-state index in [1.54, 1.807) is 7.11 Å². The predicted molar refractivity (Wildman–Crippen MR) is 68.9 cm³/mol. The average molecular weight is 237 g/mol. The normalized spacial score (nSPS) is 15.3. The molecular weight excluding hydrogens is 218 g/mol. The van der Waals surface area contributed by atoms with E-state index >= 15 is 0 Å². The number of hydrogen-bond donors (Lipinski definition) is 1. The van der Waals surface area contributed by atoms with Crippen LogP contribution in [0.4, 0.5) is 0 Å². The highest BCUT2D eigenvalue weighted by Gasteiger charge is 2.20. The van der Waals surface area contributed by atoms with Crippen LogP contribution in [0, 0.1) is 0 Å². The van der Waals surface area contributed by atoms with E-state index in [-0.39, 0.29) is 0 Å². The van der Waals surface area contributed by atoms with Gasteiger partial charge in [0, 0.05) is 30.3 Å². The number of nitrogens with one attached hydrogen (secondary N) is 1. The molecule has 0 radical (unpaired) electrons. The van der Waals surface area contributed by atoms with E-state index in [9.17, 15) is 0 Å². The maximum absolute atomic E-state index is 5.08. The van der Waals surface area contributed by atoms with Gasteiger partial charge in [-0.15, -0.1) is 11.8 Å². The van der Waals surface area contributed by atoms with Gasteiger partial charge >= 0.3 is 0 Å². The molecule has 1 saturated carbocycles. The van der Waals surface area contributed by atoms with Gasteiger partial charge in [0.15, 0.2) is 0 Å². The van der Waals surface area contributed by atoms with Crippen molar-refractivity contribution in [1.82, 2.24) is 5.32 Å². The maximum Gasteiger partial charge on any atom is 0.0556 e. The smallest absolute Gasteiger partial charge is 0.0556 e. The molecular formula is C13H19NOS. The standard InChI is InChI=1S/C13H19NOS/c1-15-8-9-16-13-5-3-2-4-11(13)10-14-12-6-7-12/h2-5,12,14H,6-10H2,1H3. The summed E-state index contributed by atoms with van der Waals surface area (Å²) >= 11 is 1.88. The van der Waals surface area contributed by atoms with Crippen molar-refractivity contribution in [2.75, 3.05) is 19.5 Å². The Bertz CT molecular complexity index is 325. The van der Waals surface area contributed by atoms with E-state index in [4.69, 9.17) is 4.74 Å². The molecule has 2 rings (SSSR count). The predicted octanol–water partition coefficient (Wildman–Crippen LogP) is 2.68. The van der Waals surface area contributed by atoms with Crippen molar-refractivity contribution in [3.63, 3.8) is 0 Å². The lowest BCUT2D eigenvalue weighted by Gasteiger charge is -2.09. The van der Waals surface area contributed by atoms with Crippen LogP contribution in [0.15, 0.2) is 29.2 Å². The molecule has 0 saturated heterocycles. The molecule has 1 N–H and O–H groups in total. The Kier molecular flexibility index (Phi) is 4.69. The summed E-state index contributed by atoms with van der Waals surface area (Å²) in [5.41, 5.74) is 1.41. The molecule has 0 amide bonds. The van der Waals surface area contributed by atoms with E-state index in [0.29, 0.717) is 0 Å². The molecule has 0 heterocycles. The van der Waals surface area contributed by atoms with Crippen LogP contribution in [0.25, 0.3) is 0 Å². The Morgan fingerprint density at radius 3 is 2.94 bits per heavy atom. The van der Waals surface area contributed by atoms with Gasteiger partial charge in [-0.05, 0) is 24.5 Å². The quantitative estimate of drug-likeness (QED) is 0.582. The van der Waals surface area contributed by atoms with Crippen LogP contribution >= 0.6 is 11.8 Å². The fourth-order valence-corrected chi connectivity index (χ4v) is 2.54. The van der Waals surface area contributed by atoms with Crippen molar-refractivity contribution < 1.29 is 4.74 Å². The summed E-state index contributed by atoms with van der Waals surface area (Å²) < 4.78 is 5.08. The SMILES string of the molecule is COCCSc1ccccc1CNC1CC1. The van der Waals surface area contributed by atoms with E-state index in [1.165, 1.54) is 23.3 Å². The molecule has 1 aliphatic carbocycles. The lowest BCUT2D eigenvalue weighted by Crippen LogP contribution is -2.15. The topological polar surface area (TPSA) is 21.3 Å². The van der Waals surface area contributed by atoms with E-state index in [0.717, 1.165) is 24.9 Å². The molecule has 0 unspecified atom stereocenters. The lowest BCUT2D eigenvalue weighted by atomic mass is 10.2. The molecule has 16 heavy (non-hydrogen) atoms. The second-order valence-electron chi connectivity index (χ2n) is 4.10. The molecule has 1 aromatic rings. The highest BCUT2D eigenvalue weighted by molar-refractivity contribution is 7.99. The maximum atomic E-state index is 5.08. The molecule has 0 bridgehead atoms. The largest absolute Gasteiger partial charge is 0.384 e. The Morgan fingerprint density at radius 2 is 2.19 bits per heavy atom. The number of ether oxygens (including phenoxy) is 1. The third kappa shape index (κ3) is 3.81. The fourth-order valence-electron chi connectivity index (χ4n) is 1.57. The minimum absolute atomic E-state index is 0.775. The summed E-state index contributed by atoms with van der Waals surface area (Å²) in [6.07, 6.45) is 2.69. The van der Waals surface area contributed by atoms with Gasteiger partial charge in [0.1, 0.15) is 0 Å². The van der Waals surface area contributed by atoms with E-state index in [1.807, 2.05) is 11.8 Å². The van der Waals surface area contributed by atoms with Gasteiger partial charge in [0.25, 0.3) is 0 Å². The van der Waals surface area contributed by atoms with Crippen molar-refractivity contribution >= 4 is 11.8 Å². The van der Waals surface area contributed by atoms with Crippen molar-refractivity contribution in [2.45, 2.75) is 30.3 Å². The first kappa shape index (κ1) is 12.0. The Balaban J connectivity index is 1.87. The number of methoxy groups -OCH3 is 1. The van der Waals surface area contributed by atoms with E-state index < -0.39 is 0 Å². The fraction of sp³-hybridized carbons (Fsp3) is 0.538. The third-order valence-electron chi connectivity index (χ3n) is 2.68. The summed E-state index contributed by atoms with van der Waals surface area (Å²) in [5, 5.41) is 3.56. The average Bonchev–Trinajstić information content (AvgIpc) is 3.12. The molecule has 1 fully saturated rings. The van der Waals surface area contributed by atoms with Crippen LogP contribution in [-0.4, -0.2) is 25.5 Å². The number of benzene rings is 1. The zero-order valence-corrected chi connectivity index (χ0v) is 10.6. The number of thioether (sulfide) groups is 1. The Hall–Kier alpha value is -0.510. The van der Waals surface area contributed by atoms with Gasteiger partial charge in [0.2, 0.25) is 0 Å². The van der Waals surface area contributed by atoms with Crippen molar-refractivity contribution in [2.24, 2.45) is 0 Å². The van der Waals surface area contributed by atoms with Gasteiger partial charge in [-0.3, -0.25) is 0 Å². The summed E-state index contributed by atoms with van der Waals surface area (Å²) in [6, 6.07) is 9.41. The molecule has 0 aliphatic heterocycles. The van der Waals surface area contributed by atoms with Gasteiger partial charge in [-0.1, -0.05) is 18.2 Å². The summed E-state index contributed by atoms with van der Waals surface area (Å²) in [4.78, 5) is 1.38. The first-order chi connectivity index (χ1) is 7.90. The highest BCUT2D eigenvalue weighted by atomic mass is 32.2. The highest BCUT2D eigenvalue weighted by Crippen LogP contribution is 2.24. The van der Waals surface area contributed by atoms with Gasteiger partial charge in [-0.2, -0.15) is 0 Å². The molecule has 3 heteroatoms. The van der Waals surface area contributed by atoms with Crippen LogP contribution in [0.3, 0.4) is 0 Å². The monoisotopic (exact) mass is 237 g/mol. The van der Waals surface area contributed by atoms with Gasteiger partial charge < -0.3 is 10.1 Å². The minimum Gasteiger partial charge on any atom is -0.384 e. The zero-order chi connectivity index (χ0) is 11.2. The second-order valence-corrected chi connectivity index (χ2v) is 5.24. The first-order valence-corrected chi connectivity index (χ1v) is 6.81. The van der Waals surface area contributed by atoms with Gasteiger partial charge in [-0.25, -0.2) is 0 Å². The van der Waals surface area contributed by atoms with Crippen molar-refractivity contribution in [1.29, 1.82) is 0 Å². The van der Waals surface area contributed by atoms with Crippen LogP contribution in [0.2, 0.25) is 0 Å². The molecule has 0 aromatic heterocycles. The molecule has 0 spiro atoms. The van der Waals surface area contributed by atoms with Crippen LogP contribution in [0.1, 0.15) is 18.4 Å². The number of hydrogen-bond acceptors (Lipinski definition) is 3. The van der Waals surface area contributed by atoms with Crippen LogP contribution in [0.5, 0.6) is 0 Å². The lowest BCUT2D eigenvalue weighted by molar-refractivity contribution is 0.218. The summed E-state index contributed by atoms with van der Waals surface area (Å²) in [7, 11) is 1.75. The second kappa shape index (κ2) is 6.28. The minimum atomic E-state index is 0.775. The van der Waals surface area contributed by atoms with Crippen LogP contribution in [-0.2, 0) is 11.3 Å². The molecule has 88 valence electrons. The zero-order valence-electron chi connectivity index (χ0n) is 9.74. The molecule has 2 nitrogen and oxygen atoms in total. The van der Waals surface area contributed by atoms with Crippen molar-refractivity contribution in [3.8, 4) is 0 Å². The van der Waals surface area contributed by atoms with Crippen LogP contribution < -0.4 is 5.32 Å².